The van der Waals surface area contributed by atoms with E-state index < -0.39 is 0 Å². The molecule has 1 N–H and O–H groups in total. The van der Waals surface area contributed by atoms with Crippen LogP contribution in [0.15, 0.2) is 53.0 Å². The number of amides is 1. The number of aromatic nitrogens is 1. The topological polar surface area (TPSA) is 46.5 Å². The first-order valence-electron chi connectivity index (χ1n) is 10.0. The summed E-state index contributed by atoms with van der Waals surface area (Å²) in [5.41, 5.74) is 4.23. The number of para-hydroxylation sites is 1. The molecular weight excluding hydrogens is 430 g/mol. The number of anilines is 1. The number of halogens is 1. The van der Waals surface area contributed by atoms with Gasteiger partial charge in [-0.05, 0) is 53.0 Å². The summed E-state index contributed by atoms with van der Waals surface area (Å²) in [4.78, 5) is 15.1. The highest BCUT2D eigenvalue weighted by Crippen LogP contribution is 2.30. The zero-order valence-corrected chi connectivity index (χ0v) is 18.2. The summed E-state index contributed by atoms with van der Waals surface area (Å²) < 4.78 is 8.49. The van der Waals surface area contributed by atoms with Gasteiger partial charge in [0.15, 0.2) is 0 Å². The number of hydrogen-bond donors (Lipinski definition) is 1. The van der Waals surface area contributed by atoms with E-state index in [1.807, 2.05) is 41.8 Å². The minimum absolute atomic E-state index is 0.0255. The zero-order chi connectivity index (χ0) is 20.2. The molecule has 1 saturated heterocycles. The number of nitrogens with zero attached hydrogens (tertiary/aromatic N) is 2. The predicted octanol–water partition coefficient (Wildman–Crippen LogP) is 4.23. The van der Waals surface area contributed by atoms with E-state index in [0.717, 1.165) is 66.0 Å². The fourth-order valence-electron chi connectivity index (χ4n) is 3.80. The third-order valence-corrected chi connectivity index (χ3v) is 6.51. The summed E-state index contributed by atoms with van der Waals surface area (Å²) in [6, 6.07) is 16.3. The minimum atomic E-state index is -0.0255. The summed E-state index contributed by atoms with van der Waals surface area (Å²) in [5, 5.41) is 4.15. The van der Waals surface area contributed by atoms with E-state index in [0.29, 0.717) is 0 Å². The van der Waals surface area contributed by atoms with Crippen LogP contribution >= 0.6 is 15.9 Å². The van der Waals surface area contributed by atoms with E-state index in [-0.39, 0.29) is 12.5 Å². The Bertz CT molecular complexity index is 991. The van der Waals surface area contributed by atoms with Crippen molar-refractivity contribution in [2.24, 2.45) is 0 Å². The second-order valence-corrected chi connectivity index (χ2v) is 8.24. The molecule has 1 fully saturated rings. The van der Waals surface area contributed by atoms with E-state index in [9.17, 15) is 4.79 Å². The highest BCUT2D eigenvalue weighted by Gasteiger charge is 2.14. The van der Waals surface area contributed by atoms with Gasteiger partial charge in [0.2, 0.25) is 5.91 Å². The van der Waals surface area contributed by atoms with Crippen LogP contribution in [0, 0.1) is 6.92 Å². The third kappa shape index (κ3) is 4.71. The molecule has 0 atom stereocenters. The fourth-order valence-corrected chi connectivity index (χ4v) is 4.35. The number of ether oxygens (including phenoxy) is 1. The number of carbonyl (C=O) groups excluding carboxylic acids is 1. The van der Waals surface area contributed by atoms with Crippen molar-refractivity contribution in [1.82, 2.24) is 9.47 Å². The van der Waals surface area contributed by atoms with Gasteiger partial charge in [0.1, 0.15) is 6.54 Å². The molecule has 0 unspecified atom stereocenters. The van der Waals surface area contributed by atoms with Gasteiger partial charge in [-0.3, -0.25) is 9.69 Å². The fraction of sp³-hybridized carbons (Fsp3) is 0.348. The van der Waals surface area contributed by atoms with Gasteiger partial charge >= 0.3 is 0 Å². The Balaban J connectivity index is 1.36. The van der Waals surface area contributed by atoms with Crippen molar-refractivity contribution in [2.45, 2.75) is 19.9 Å². The molecule has 6 heteroatoms. The Hall–Kier alpha value is -2.15. The first-order chi connectivity index (χ1) is 14.1. The van der Waals surface area contributed by atoms with E-state index in [1.54, 1.807) is 0 Å². The molecule has 3 aromatic rings. The summed E-state index contributed by atoms with van der Waals surface area (Å²) in [6.07, 6.45) is 1.01. The third-order valence-electron chi connectivity index (χ3n) is 5.51. The Kier molecular flexibility index (Phi) is 6.33. The molecule has 2 aromatic carbocycles. The van der Waals surface area contributed by atoms with Crippen molar-refractivity contribution in [2.75, 3.05) is 38.2 Å². The molecule has 0 aliphatic carbocycles. The van der Waals surface area contributed by atoms with Crippen LogP contribution in [0.2, 0.25) is 0 Å². The number of benzene rings is 2. The number of nitrogens with one attached hydrogen (secondary N) is 1. The standard InChI is InChI=1S/C23H26BrN3O2/c1-17-23(24)20-4-2-3-5-21(20)27(17)16-22(28)25-19-8-6-18(7-9-19)10-11-26-12-14-29-15-13-26/h2-9H,10-16H2,1H3,(H,25,28). The average molecular weight is 456 g/mol. The molecule has 152 valence electrons. The second-order valence-electron chi connectivity index (χ2n) is 7.45. The van der Waals surface area contributed by atoms with Gasteiger partial charge < -0.3 is 14.6 Å². The lowest BCUT2D eigenvalue weighted by Gasteiger charge is -2.26. The highest BCUT2D eigenvalue weighted by molar-refractivity contribution is 9.10. The van der Waals surface area contributed by atoms with Gasteiger partial charge in [-0.25, -0.2) is 0 Å². The lowest BCUT2D eigenvalue weighted by Crippen LogP contribution is -2.37. The summed E-state index contributed by atoms with van der Waals surface area (Å²) >= 11 is 3.65. The molecule has 0 spiro atoms. The Labute approximate surface area is 179 Å². The normalized spacial score (nSPS) is 15.0. The van der Waals surface area contributed by atoms with Gasteiger partial charge in [-0.15, -0.1) is 0 Å². The predicted molar refractivity (Wildman–Crippen MR) is 120 cm³/mol. The molecule has 1 aliphatic heterocycles. The van der Waals surface area contributed by atoms with Crippen molar-refractivity contribution < 1.29 is 9.53 Å². The molecule has 5 nitrogen and oxygen atoms in total. The van der Waals surface area contributed by atoms with Crippen LogP contribution in [-0.2, 0) is 22.5 Å². The number of hydrogen-bond acceptors (Lipinski definition) is 3. The Morgan fingerprint density at radius 3 is 2.59 bits per heavy atom. The monoisotopic (exact) mass is 455 g/mol. The number of rotatable bonds is 6. The number of fused-ring (bicyclic) bond motifs is 1. The van der Waals surface area contributed by atoms with E-state index >= 15 is 0 Å². The SMILES string of the molecule is Cc1c(Br)c2ccccc2n1CC(=O)Nc1ccc(CCN2CCOCC2)cc1. The average Bonchev–Trinajstić information content (AvgIpc) is 2.99. The molecule has 0 radical (unpaired) electrons. The van der Waals surface area contributed by atoms with E-state index in [4.69, 9.17) is 4.74 Å². The van der Waals surface area contributed by atoms with Crippen LogP contribution in [0.3, 0.4) is 0 Å². The highest BCUT2D eigenvalue weighted by atomic mass is 79.9. The molecule has 0 saturated carbocycles. The molecule has 2 heterocycles. The van der Waals surface area contributed by atoms with Crippen LogP contribution in [0.25, 0.3) is 10.9 Å². The summed E-state index contributed by atoms with van der Waals surface area (Å²) in [7, 11) is 0. The molecule has 29 heavy (non-hydrogen) atoms. The molecule has 4 rings (SSSR count). The quantitative estimate of drug-likeness (QED) is 0.604. The number of morpholine rings is 1. The molecule has 1 amide bonds. The van der Waals surface area contributed by atoms with E-state index in [2.05, 4.69) is 44.3 Å². The molecular formula is C23H26BrN3O2. The van der Waals surface area contributed by atoms with Gasteiger partial charge in [0.25, 0.3) is 0 Å². The second kappa shape index (κ2) is 9.11. The maximum Gasteiger partial charge on any atom is 0.244 e. The van der Waals surface area contributed by atoms with Gasteiger partial charge in [0, 0.05) is 46.4 Å². The van der Waals surface area contributed by atoms with Crippen molar-refractivity contribution in [3.05, 3.63) is 64.3 Å². The maximum atomic E-state index is 12.6. The van der Waals surface area contributed by atoms with Gasteiger partial charge in [0.05, 0.1) is 13.2 Å². The van der Waals surface area contributed by atoms with Crippen LogP contribution in [-0.4, -0.2) is 48.2 Å². The van der Waals surface area contributed by atoms with Crippen LogP contribution in [0.4, 0.5) is 5.69 Å². The molecule has 1 aliphatic rings. The first-order valence-corrected chi connectivity index (χ1v) is 10.8. The molecule has 0 bridgehead atoms. The lowest BCUT2D eigenvalue weighted by atomic mass is 10.1. The van der Waals surface area contributed by atoms with Crippen LogP contribution < -0.4 is 5.32 Å². The van der Waals surface area contributed by atoms with Crippen LogP contribution in [0.5, 0.6) is 0 Å². The van der Waals surface area contributed by atoms with Crippen molar-refractivity contribution >= 4 is 38.4 Å². The lowest BCUT2D eigenvalue weighted by molar-refractivity contribution is -0.116. The van der Waals surface area contributed by atoms with E-state index in [1.165, 1.54) is 5.56 Å². The van der Waals surface area contributed by atoms with Crippen molar-refractivity contribution in [1.29, 1.82) is 0 Å². The summed E-state index contributed by atoms with van der Waals surface area (Å²) in [5.74, 6) is -0.0255. The smallest absolute Gasteiger partial charge is 0.244 e. The van der Waals surface area contributed by atoms with Gasteiger partial charge in [-0.1, -0.05) is 30.3 Å². The largest absolute Gasteiger partial charge is 0.379 e. The van der Waals surface area contributed by atoms with Gasteiger partial charge in [-0.2, -0.15) is 0 Å². The Morgan fingerprint density at radius 1 is 1.10 bits per heavy atom. The minimum Gasteiger partial charge on any atom is -0.379 e. The maximum absolute atomic E-state index is 12.6. The van der Waals surface area contributed by atoms with Crippen LogP contribution in [0.1, 0.15) is 11.3 Å². The Morgan fingerprint density at radius 2 is 1.83 bits per heavy atom. The number of carbonyl (C=O) groups is 1. The molecule has 1 aromatic heterocycles. The first kappa shape index (κ1) is 20.1. The van der Waals surface area contributed by atoms with Crippen molar-refractivity contribution in [3.63, 3.8) is 0 Å². The zero-order valence-electron chi connectivity index (χ0n) is 16.7. The summed E-state index contributed by atoms with van der Waals surface area (Å²) in [6.45, 7) is 7.05. The van der Waals surface area contributed by atoms with Crippen molar-refractivity contribution in [3.8, 4) is 0 Å².